The number of hydrogen-bond acceptors (Lipinski definition) is 5. The maximum absolute atomic E-state index is 5.73. The highest BCUT2D eigenvalue weighted by atomic mass is 79.9. The summed E-state index contributed by atoms with van der Waals surface area (Å²) in [5.74, 6) is 6.57. The fourth-order valence-electron chi connectivity index (χ4n) is 1.90. The van der Waals surface area contributed by atoms with E-state index >= 15 is 0 Å². The lowest BCUT2D eigenvalue weighted by Gasteiger charge is -2.04. The Balaban J connectivity index is 1.99. The van der Waals surface area contributed by atoms with E-state index in [1.165, 1.54) is 4.68 Å². The number of nitrogens with two attached hydrogens (primary N) is 2. The zero-order valence-electron chi connectivity index (χ0n) is 9.92. The Kier molecular flexibility index (Phi) is 2.83. The second kappa shape index (κ2) is 4.51. The standard InChI is InChI=1S/C12H11BrN6/c13-9-5-8-3-7(1-2-10(8)16-6-9)4-11-17-18-12(14)19(11)15/h1-3,5-6H,4,15H2,(H2,14,18). The molecule has 19 heavy (non-hydrogen) atoms. The molecule has 0 aliphatic rings. The molecule has 3 aromatic rings. The maximum atomic E-state index is 5.73. The molecule has 0 atom stereocenters. The van der Waals surface area contributed by atoms with Crippen molar-refractivity contribution in [3.63, 3.8) is 0 Å². The highest BCUT2D eigenvalue weighted by Gasteiger charge is 2.08. The molecule has 0 saturated heterocycles. The number of nitrogen functional groups attached to an aromatic ring is 2. The first-order valence-corrected chi connectivity index (χ1v) is 6.42. The smallest absolute Gasteiger partial charge is 0.240 e. The van der Waals surface area contributed by atoms with Crippen LogP contribution in [0, 0.1) is 0 Å². The molecule has 7 heteroatoms. The molecule has 2 heterocycles. The van der Waals surface area contributed by atoms with E-state index < -0.39 is 0 Å². The lowest BCUT2D eigenvalue weighted by Crippen LogP contribution is -2.15. The number of aromatic nitrogens is 4. The van der Waals surface area contributed by atoms with Crippen LogP contribution < -0.4 is 11.6 Å². The summed E-state index contributed by atoms with van der Waals surface area (Å²) in [4.78, 5) is 4.33. The molecule has 4 N–H and O–H groups in total. The maximum Gasteiger partial charge on any atom is 0.240 e. The topological polar surface area (TPSA) is 95.6 Å². The molecule has 0 unspecified atom stereocenters. The summed E-state index contributed by atoms with van der Waals surface area (Å²) in [5.41, 5.74) is 7.57. The van der Waals surface area contributed by atoms with Crippen molar-refractivity contribution in [1.29, 1.82) is 0 Å². The van der Waals surface area contributed by atoms with Gasteiger partial charge in [-0.25, -0.2) is 4.68 Å². The Morgan fingerprint density at radius 3 is 2.79 bits per heavy atom. The van der Waals surface area contributed by atoms with Crippen LogP contribution in [0.1, 0.15) is 11.4 Å². The molecule has 0 aliphatic heterocycles. The first-order chi connectivity index (χ1) is 9.13. The van der Waals surface area contributed by atoms with Crippen molar-refractivity contribution < 1.29 is 0 Å². The minimum Gasteiger partial charge on any atom is -0.366 e. The molecule has 0 spiro atoms. The lowest BCUT2D eigenvalue weighted by molar-refractivity contribution is 0.879. The Labute approximate surface area is 117 Å². The van der Waals surface area contributed by atoms with Gasteiger partial charge in [-0.3, -0.25) is 4.98 Å². The lowest BCUT2D eigenvalue weighted by atomic mass is 10.1. The normalized spacial score (nSPS) is 11.0. The molecule has 6 nitrogen and oxygen atoms in total. The molecule has 0 fully saturated rings. The number of anilines is 1. The molecule has 96 valence electrons. The van der Waals surface area contributed by atoms with E-state index in [0.29, 0.717) is 12.2 Å². The highest BCUT2D eigenvalue weighted by Crippen LogP contribution is 2.19. The quantitative estimate of drug-likeness (QED) is 0.698. The van der Waals surface area contributed by atoms with Gasteiger partial charge in [0.25, 0.3) is 0 Å². The van der Waals surface area contributed by atoms with E-state index in [-0.39, 0.29) is 5.95 Å². The third kappa shape index (κ3) is 2.24. The Morgan fingerprint density at radius 2 is 2.05 bits per heavy atom. The summed E-state index contributed by atoms with van der Waals surface area (Å²) in [6.07, 6.45) is 2.35. The summed E-state index contributed by atoms with van der Waals surface area (Å²) < 4.78 is 2.24. The van der Waals surface area contributed by atoms with E-state index in [0.717, 1.165) is 20.9 Å². The van der Waals surface area contributed by atoms with Crippen LogP contribution in [-0.2, 0) is 6.42 Å². The van der Waals surface area contributed by atoms with Crippen LogP contribution >= 0.6 is 15.9 Å². The van der Waals surface area contributed by atoms with Gasteiger partial charge in [-0.1, -0.05) is 6.07 Å². The van der Waals surface area contributed by atoms with Gasteiger partial charge in [0, 0.05) is 22.5 Å². The van der Waals surface area contributed by atoms with Gasteiger partial charge < -0.3 is 11.6 Å². The van der Waals surface area contributed by atoms with E-state index in [1.807, 2.05) is 18.2 Å². The van der Waals surface area contributed by atoms with Crippen LogP contribution in [0.4, 0.5) is 5.95 Å². The molecule has 0 saturated carbocycles. The SMILES string of the molecule is Nc1nnc(Cc2ccc3ncc(Br)cc3c2)n1N. The van der Waals surface area contributed by atoms with Crippen LogP contribution in [0.5, 0.6) is 0 Å². The third-order valence-electron chi connectivity index (χ3n) is 2.87. The van der Waals surface area contributed by atoms with Gasteiger partial charge in [-0.15, -0.1) is 10.2 Å². The number of pyridine rings is 1. The monoisotopic (exact) mass is 318 g/mol. The molecular formula is C12H11BrN6. The number of halogens is 1. The number of nitrogens with zero attached hydrogens (tertiary/aromatic N) is 4. The van der Waals surface area contributed by atoms with Crippen molar-refractivity contribution in [1.82, 2.24) is 19.9 Å². The summed E-state index contributed by atoms with van der Waals surface area (Å²) >= 11 is 3.41. The fourth-order valence-corrected chi connectivity index (χ4v) is 2.25. The molecule has 0 bridgehead atoms. The fraction of sp³-hybridized carbons (Fsp3) is 0.0833. The zero-order chi connectivity index (χ0) is 13.4. The number of rotatable bonds is 2. The van der Waals surface area contributed by atoms with Gasteiger partial charge in [0.05, 0.1) is 5.52 Å². The molecule has 3 rings (SSSR count). The zero-order valence-corrected chi connectivity index (χ0v) is 11.5. The number of hydrogen-bond donors (Lipinski definition) is 2. The Morgan fingerprint density at radius 1 is 1.21 bits per heavy atom. The number of benzene rings is 1. The predicted molar refractivity (Wildman–Crippen MR) is 76.8 cm³/mol. The van der Waals surface area contributed by atoms with E-state index in [2.05, 4.69) is 37.2 Å². The largest absolute Gasteiger partial charge is 0.366 e. The second-order valence-corrected chi connectivity index (χ2v) is 5.12. The molecule has 2 aromatic heterocycles. The highest BCUT2D eigenvalue weighted by molar-refractivity contribution is 9.10. The number of fused-ring (bicyclic) bond motifs is 1. The van der Waals surface area contributed by atoms with Gasteiger partial charge in [-0.05, 0) is 39.7 Å². The van der Waals surface area contributed by atoms with E-state index in [1.54, 1.807) is 6.20 Å². The van der Waals surface area contributed by atoms with Crippen LogP contribution in [-0.4, -0.2) is 19.9 Å². The average molecular weight is 319 g/mol. The Bertz CT molecular complexity index is 751. The van der Waals surface area contributed by atoms with Gasteiger partial charge >= 0.3 is 0 Å². The average Bonchev–Trinajstić information content (AvgIpc) is 2.70. The van der Waals surface area contributed by atoms with Gasteiger partial charge in [0.15, 0.2) is 5.82 Å². The van der Waals surface area contributed by atoms with Crippen molar-refractivity contribution in [2.75, 3.05) is 11.6 Å². The van der Waals surface area contributed by atoms with Crippen LogP contribution in [0.2, 0.25) is 0 Å². The Hall–Kier alpha value is -2.15. The summed E-state index contributed by atoms with van der Waals surface area (Å²) in [5, 5.41) is 8.74. The minimum absolute atomic E-state index is 0.209. The third-order valence-corrected chi connectivity index (χ3v) is 3.30. The first kappa shape index (κ1) is 11.9. The van der Waals surface area contributed by atoms with E-state index in [9.17, 15) is 0 Å². The van der Waals surface area contributed by atoms with Crippen molar-refractivity contribution in [3.05, 3.63) is 46.3 Å². The van der Waals surface area contributed by atoms with Gasteiger partial charge in [0.2, 0.25) is 5.95 Å². The first-order valence-electron chi connectivity index (χ1n) is 5.62. The van der Waals surface area contributed by atoms with Crippen LogP contribution in [0.3, 0.4) is 0 Å². The van der Waals surface area contributed by atoms with Crippen LogP contribution in [0.15, 0.2) is 34.9 Å². The molecule has 0 aliphatic carbocycles. The van der Waals surface area contributed by atoms with E-state index in [4.69, 9.17) is 11.6 Å². The van der Waals surface area contributed by atoms with Crippen molar-refractivity contribution in [2.24, 2.45) is 0 Å². The summed E-state index contributed by atoms with van der Waals surface area (Å²) in [7, 11) is 0. The van der Waals surface area contributed by atoms with Crippen molar-refractivity contribution in [2.45, 2.75) is 6.42 Å². The molecule has 0 amide bonds. The summed E-state index contributed by atoms with van der Waals surface area (Å²) in [6, 6.07) is 8.04. The summed E-state index contributed by atoms with van der Waals surface area (Å²) in [6.45, 7) is 0. The molecule has 1 aromatic carbocycles. The molecular weight excluding hydrogens is 308 g/mol. The van der Waals surface area contributed by atoms with Gasteiger partial charge in [0.1, 0.15) is 0 Å². The van der Waals surface area contributed by atoms with Crippen LogP contribution in [0.25, 0.3) is 10.9 Å². The van der Waals surface area contributed by atoms with Crippen molar-refractivity contribution in [3.8, 4) is 0 Å². The molecule has 0 radical (unpaired) electrons. The van der Waals surface area contributed by atoms with Gasteiger partial charge in [-0.2, -0.15) is 0 Å². The van der Waals surface area contributed by atoms with Crippen molar-refractivity contribution >= 4 is 32.8 Å². The minimum atomic E-state index is 0.209. The second-order valence-electron chi connectivity index (χ2n) is 4.20. The predicted octanol–water partition coefficient (Wildman–Crippen LogP) is 1.48.